The quantitative estimate of drug-likeness (QED) is 0.738. The van der Waals surface area contributed by atoms with E-state index in [1.54, 1.807) is 20.4 Å². The first kappa shape index (κ1) is 16.8. The number of hydrogen-bond donors (Lipinski definition) is 1. The van der Waals surface area contributed by atoms with Gasteiger partial charge in [-0.15, -0.1) is 0 Å². The maximum absolute atomic E-state index is 10.9. The van der Waals surface area contributed by atoms with E-state index in [-0.39, 0.29) is 6.42 Å². The van der Waals surface area contributed by atoms with Crippen molar-refractivity contribution in [1.82, 2.24) is 4.98 Å². The molecule has 0 unspecified atom stereocenters. The van der Waals surface area contributed by atoms with Crippen LogP contribution in [0.4, 0.5) is 0 Å². The van der Waals surface area contributed by atoms with Crippen molar-refractivity contribution in [2.75, 3.05) is 14.2 Å². The van der Waals surface area contributed by atoms with Gasteiger partial charge in [0, 0.05) is 18.0 Å². The lowest BCUT2D eigenvalue weighted by molar-refractivity contribution is -0.136. The van der Waals surface area contributed by atoms with Crippen LogP contribution in [-0.2, 0) is 11.2 Å². The number of aliphatic carboxylic acids is 1. The third kappa shape index (κ3) is 3.26. The van der Waals surface area contributed by atoms with Gasteiger partial charge in [0.2, 0.25) is 0 Å². The third-order valence-corrected chi connectivity index (χ3v) is 4.16. The number of hydrogen-bond acceptors (Lipinski definition) is 4. The average molecular weight is 337 g/mol. The van der Waals surface area contributed by atoms with Crippen LogP contribution in [0, 0.1) is 0 Å². The molecule has 0 spiro atoms. The molecule has 0 atom stereocenters. The minimum absolute atomic E-state index is 0.0724. The summed E-state index contributed by atoms with van der Waals surface area (Å²) >= 11 is 0. The summed E-state index contributed by atoms with van der Waals surface area (Å²) < 4.78 is 11.0. The van der Waals surface area contributed by atoms with Gasteiger partial charge in [-0.2, -0.15) is 0 Å². The Morgan fingerprint density at radius 3 is 2.40 bits per heavy atom. The van der Waals surface area contributed by atoms with Gasteiger partial charge in [-0.25, -0.2) is 0 Å². The largest absolute Gasteiger partial charge is 0.496 e. The normalized spacial score (nSPS) is 10.6. The van der Waals surface area contributed by atoms with Crippen LogP contribution < -0.4 is 9.47 Å². The van der Waals surface area contributed by atoms with Crippen LogP contribution in [0.5, 0.6) is 11.5 Å². The second-order valence-electron chi connectivity index (χ2n) is 5.60. The van der Waals surface area contributed by atoms with Gasteiger partial charge in [0.1, 0.15) is 11.5 Å². The highest BCUT2D eigenvalue weighted by Gasteiger charge is 2.17. The number of aromatic nitrogens is 1. The molecule has 25 heavy (non-hydrogen) atoms. The molecule has 0 amide bonds. The van der Waals surface area contributed by atoms with Crippen LogP contribution in [0.25, 0.3) is 22.0 Å². The van der Waals surface area contributed by atoms with E-state index in [1.165, 1.54) is 0 Å². The Kier molecular flexibility index (Phi) is 4.84. The molecule has 128 valence electrons. The minimum atomic E-state index is -0.820. The van der Waals surface area contributed by atoms with Crippen LogP contribution in [0.2, 0.25) is 0 Å². The van der Waals surface area contributed by atoms with E-state index in [9.17, 15) is 4.79 Å². The number of carboxylic acids is 1. The number of carboxylic acid groups (broad SMARTS) is 1. The smallest absolute Gasteiger partial charge is 0.303 e. The zero-order valence-electron chi connectivity index (χ0n) is 14.2. The van der Waals surface area contributed by atoms with Crippen molar-refractivity contribution in [2.24, 2.45) is 0 Å². The Bertz CT molecular complexity index is 898. The van der Waals surface area contributed by atoms with E-state index in [0.717, 1.165) is 27.6 Å². The molecule has 0 saturated heterocycles. The number of aryl methyl sites for hydroxylation is 1. The Morgan fingerprint density at radius 1 is 1.04 bits per heavy atom. The van der Waals surface area contributed by atoms with E-state index in [0.29, 0.717) is 17.9 Å². The van der Waals surface area contributed by atoms with Crippen LogP contribution in [0.1, 0.15) is 12.0 Å². The third-order valence-electron chi connectivity index (χ3n) is 4.16. The fraction of sp³-hybridized carbons (Fsp3) is 0.200. The molecule has 3 rings (SSSR count). The first-order valence-corrected chi connectivity index (χ1v) is 7.95. The van der Waals surface area contributed by atoms with Crippen molar-refractivity contribution in [2.45, 2.75) is 12.8 Å². The number of nitrogens with zero attached hydrogens (tertiary/aromatic N) is 1. The summed E-state index contributed by atoms with van der Waals surface area (Å²) in [5, 5.41) is 9.90. The summed E-state index contributed by atoms with van der Waals surface area (Å²) in [6, 6.07) is 13.4. The monoisotopic (exact) mass is 337 g/mol. The molecule has 3 aromatic rings. The zero-order valence-corrected chi connectivity index (χ0v) is 14.2. The standard InChI is InChI=1S/C20H19NO4/c1-24-16-6-3-7-17(25-2)19(16)14-10-8-13(9-11-18(22)23)20-15(14)5-4-12-21-20/h3-8,10,12H,9,11H2,1-2H3,(H,22,23). The van der Waals surface area contributed by atoms with Crippen LogP contribution in [0.15, 0.2) is 48.7 Å². The Hall–Kier alpha value is -3.08. The molecule has 5 nitrogen and oxygen atoms in total. The average Bonchev–Trinajstić information content (AvgIpc) is 2.65. The molecule has 0 aliphatic carbocycles. The van der Waals surface area contributed by atoms with Crippen LogP contribution in [-0.4, -0.2) is 30.3 Å². The number of pyridine rings is 1. The molecule has 0 aliphatic rings. The maximum atomic E-state index is 10.9. The van der Waals surface area contributed by atoms with Crippen molar-refractivity contribution in [3.8, 4) is 22.6 Å². The first-order chi connectivity index (χ1) is 12.2. The molecular weight excluding hydrogens is 318 g/mol. The second-order valence-corrected chi connectivity index (χ2v) is 5.60. The molecule has 5 heteroatoms. The van der Waals surface area contributed by atoms with Gasteiger partial charge < -0.3 is 14.6 Å². The van der Waals surface area contributed by atoms with Crippen LogP contribution in [0.3, 0.4) is 0 Å². The van der Waals surface area contributed by atoms with Crippen molar-refractivity contribution < 1.29 is 19.4 Å². The number of methoxy groups -OCH3 is 2. The molecule has 2 aromatic carbocycles. The molecule has 0 saturated carbocycles. The van der Waals surface area contributed by atoms with E-state index >= 15 is 0 Å². The van der Waals surface area contributed by atoms with Crippen LogP contribution >= 0.6 is 0 Å². The topological polar surface area (TPSA) is 68.7 Å². The van der Waals surface area contributed by atoms with Crippen molar-refractivity contribution in [1.29, 1.82) is 0 Å². The van der Waals surface area contributed by atoms with Crippen molar-refractivity contribution >= 4 is 16.9 Å². The molecule has 0 fully saturated rings. The lowest BCUT2D eigenvalue weighted by Gasteiger charge is -2.16. The first-order valence-electron chi connectivity index (χ1n) is 7.95. The van der Waals surface area contributed by atoms with Gasteiger partial charge in [-0.3, -0.25) is 9.78 Å². The summed E-state index contributed by atoms with van der Waals surface area (Å²) in [4.78, 5) is 15.4. The molecule has 1 aromatic heterocycles. The summed E-state index contributed by atoms with van der Waals surface area (Å²) in [5.74, 6) is 0.602. The minimum Gasteiger partial charge on any atom is -0.496 e. The highest BCUT2D eigenvalue weighted by molar-refractivity contribution is 5.99. The van der Waals surface area contributed by atoms with Gasteiger partial charge >= 0.3 is 5.97 Å². The predicted octanol–water partition coefficient (Wildman–Crippen LogP) is 3.94. The lowest BCUT2D eigenvalue weighted by Crippen LogP contribution is -2.00. The van der Waals surface area contributed by atoms with E-state index < -0.39 is 5.97 Å². The van der Waals surface area contributed by atoms with Gasteiger partial charge in [0.25, 0.3) is 0 Å². The van der Waals surface area contributed by atoms with Gasteiger partial charge in [0.15, 0.2) is 0 Å². The SMILES string of the molecule is COc1cccc(OC)c1-c1ccc(CCC(=O)O)c2ncccc12. The van der Waals surface area contributed by atoms with E-state index in [4.69, 9.17) is 14.6 Å². The fourth-order valence-electron chi connectivity index (χ4n) is 3.01. The summed E-state index contributed by atoms with van der Waals surface area (Å²) in [6.45, 7) is 0. The maximum Gasteiger partial charge on any atom is 0.303 e. The second kappa shape index (κ2) is 7.21. The highest BCUT2D eigenvalue weighted by atomic mass is 16.5. The summed E-state index contributed by atoms with van der Waals surface area (Å²) in [7, 11) is 3.25. The number of fused-ring (bicyclic) bond motifs is 1. The number of benzene rings is 2. The number of rotatable bonds is 6. The van der Waals surface area contributed by atoms with Crippen molar-refractivity contribution in [3.05, 3.63) is 54.2 Å². The molecular formula is C20H19NO4. The highest BCUT2D eigenvalue weighted by Crippen LogP contribution is 2.41. The van der Waals surface area contributed by atoms with Gasteiger partial charge in [-0.05, 0) is 35.7 Å². The Labute approximate surface area is 145 Å². The molecule has 1 heterocycles. The molecule has 0 aliphatic heterocycles. The number of ether oxygens (including phenoxy) is 2. The lowest BCUT2D eigenvalue weighted by atomic mass is 9.95. The predicted molar refractivity (Wildman–Crippen MR) is 96.2 cm³/mol. The molecule has 0 radical (unpaired) electrons. The van der Waals surface area contributed by atoms with E-state index in [1.807, 2.05) is 42.5 Å². The number of carbonyl (C=O) groups is 1. The zero-order chi connectivity index (χ0) is 17.8. The Balaban J connectivity index is 2.23. The molecule has 0 bridgehead atoms. The Morgan fingerprint density at radius 2 is 1.76 bits per heavy atom. The molecule has 1 N–H and O–H groups in total. The van der Waals surface area contributed by atoms with Gasteiger partial charge in [-0.1, -0.05) is 24.3 Å². The summed E-state index contributed by atoms with van der Waals surface area (Å²) in [6.07, 6.45) is 2.23. The fourth-order valence-corrected chi connectivity index (χ4v) is 3.01. The van der Waals surface area contributed by atoms with E-state index in [2.05, 4.69) is 4.98 Å². The van der Waals surface area contributed by atoms with Gasteiger partial charge in [0.05, 0.1) is 25.3 Å². The van der Waals surface area contributed by atoms with Crippen molar-refractivity contribution in [3.63, 3.8) is 0 Å². The summed E-state index contributed by atoms with van der Waals surface area (Å²) in [5.41, 5.74) is 3.51.